The maximum Gasteiger partial charge on any atom is 0.270 e. The first kappa shape index (κ1) is 19.6. The van der Waals surface area contributed by atoms with Crippen molar-refractivity contribution in [2.45, 2.75) is 39.7 Å². The van der Waals surface area contributed by atoms with Gasteiger partial charge in [0.15, 0.2) is 11.4 Å². The van der Waals surface area contributed by atoms with Crippen molar-refractivity contribution in [3.63, 3.8) is 0 Å². The molecule has 2 aromatic rings. The van der Waals surface area contributed by atoms with Gasteiger partial charge < -0.3 is 15.0 Å². The Morgan fingerprint density at radius 1 is 1.11 bits per heavy atom. The van der Waals surface area contributed by atoms with Crippen LogP contribution < -0.4 is 15.0 Å². The minimum Gasteiger partial charge on any atom is -0.476 e. The number of hydrogen-bond acceptors (Lipinski definition) is 4. The molecular formula is C22H24N2O4. The Kier molecular flexibility index (Phi) is 5.23. The van der Waals surface area contributed by atoms with E-state index in [9.17, 15) is 14.4 Å². The van der Waals surface area contributed by atoms with Crippen LogP contribution in [0.4, 0.5) is 11.4 Å². The summed E-state index contributed by atoms with van der Waals surface area (Å²) in [7, 11) is 0. The fraction of sp³-hybridized carbons (Fsp3) is 0.318. The van der Waals surface area contributed by atoms with Crippen molar-refractivity contribution in [2.24, 2.45) is 0 Å². The lowest BCUT2D eigenvalue weighted by atomic mass is 10.0. The Labute approximate surface area is 164 Å². The van der Waals surface area contributed by atoms with Crippen LogP contribution in [0.3, 0.4) is 0 Å². The summed E-state index contributed by atoms with van der Waals surface area (Å²) in [5.41, 5.74) is 1.91. The van der Waals surface area contributed by atoms with Crippen LogP contribution in [0.25, 0.3) is 0 Å². The third kappa shape index (κ3) is 4.06. The van der Waals surface area contributed by atoms with E-state index in [1.165, 1.54) is 6.92 Å². The zero-order valence-corrected chi connectivity index (χ0v) is 16.5. The first-order chi connectivity index (χ1) is 13.2. The highest BCUT2D eigenvalue weighted by Crippen LogP contribution is 2.38. The molecular weight excluding hydrogens is 356 g/mol. The number of ketones is 1. The maximum absolute atomic E-state index is 12.8. The summed E-state index contributed by atoms with van der Waals surface area (Å²) in [5, 5.41) is 2.80. The number of carbonyl (C=O) groups is 3. The van der Waals surface area contributed by atoms with Gasteiger partial charge in [-0.1, -0.05) is 6.07 Å². The van der Waals surface area contributed by atoms with Gasteiger partial charge in [0.1, 0.15) is 5.75 Å². The number of Topliss-reactive ketones (excluding diaryl/α,β-unsaturated/α-hetero) is 1. The lowest BCUT2D eigenvalue weighted by Crippen LogP contribution is -2.53. The zero-order chi connectivity index (χ0) is 20.5. The molecule has 0 aromatic heterocycles. The molecule has 0 fully saturated rings. The van der Waals surface area contributed by atoms with Crippen LogP contribution in [0.5, 0.6) is 5.75 Å². The number of fused-ring (bicyclic) bond motifs is 1. The van der Waals surface area contributed by atoms with Crippen LogP contribution in [-0.2, 0) is 9.59 Å². The molecule has 0 unspecified atom stereocenters. The summed E-state index contributed by atoms with van der Waals surface area (Å²) in [6, 6.07) is 12.4. The Bertz CT molecular complexity index is 932. The van der Waals surface area contributed by atoms with E-state index in [4.69, 9.17) is 4.74 Å². The van der Waals surface area contributed by atoms with Crippen molar-refractivity contribution in [2.75, 3.05) is 16.8 Å². The smallest absolute Gasteiger partial charge is 0.270 e. The molecule has 2 aromatic carbocycles. The number of ether oxygens (including phenoxy) is 1. The second-order valence-corrected chi connectivity index (χ2v) is 7.47. The quantitative estimate of drug-likeness (QED) is 0.802. The zero-order valence-electron chi connectivity index (χ0n) is 16.5. The summed E-state index contributed by atoms with van der Waals surface area (Å²) in [6.07, 6.45) is 0.143. The van der Waals surface area contributed by atoms with Gasteiger partial charge in [-0.25, -0.2) is 0 Å². The Hall–Kier alpha value is -3.15. The van der Waals surface area contributed by atoms with Crippen LogP contribution in [-0.4, -0.2) is 29.7 Å². The van der Waals surface area contributed by atoms with Crippen LogP contribution >= 0.6 is 0 Å². The minimum absolute atomic E-state index is 0.0275. The highest BCUT2D eigenvalue weighted by Gasteiger charge is 2.40. The Morgan fingerprint density at radius 3 is 2.43 bits per heavy atom. The fourth-order valence-electron chi connectivity index (χ4n) is 3.12. The minimum atomic E-state index is -0.985. The molecule has 0 radical (unpaired) electrons. The average molecular weight is 380 g/mol. The van der Waals surface area contributed by atoms with Crippen molar-refractivity contribution >= 4 is 29.0 Å². The van der Waals surface area contributed by atoms with E-state index >= 15 is 0 Å². The molecule has 0 saturated carbocycles. The topological polar surface area (TPSA) is 75.7 Å². The predicted molar refractivity (Wildman–Crippen MR) is 108 cm³/mol. The van der Waals surface area contributed by atoms with E-state index in [2.05, 4.69) is 5.32 Å². The number of amides is 2. The highest BCUT2D eigenvalue weighted by molar-refractivity contribution is 6.03. The van der Waals surface area contributed by atoms with Crippen molar-refractivity contribution in [3.05, 3.63) is 53.6 Å². The van der Waals surface area contributed by atoms with E-state index in [0.29, 0.717) is 22.7 Å². The number of carbonyl (C=O) groups excluding carboxylic acids is 3. The van der Waals surface area contributed by atoms with E-state index < -0.39 is 5.60 Å². The molecule has 0 spiro atoms. The Balaban J connectivity index is 1.70. The molecule has 1 aliphatic heterocycles. The van der Waals surface area contributed by atoms with E-state index in [0.717, 1.165) is 5.56 Å². The lowest BCUT2D eigenvalue weighted by molar-refractivity contribution is -0.132. The number of aryl methyl sites for hydroxylation is 1. The molecule has 28 heavy (non-hydrogen) atoms. The second-order valence-electron chi connectivity index (χ2n) is 7.47. The van der Waals surface area contributed by atoms with Gasteiger partial charge in [0.05, 0.1) is 5.69 Å². The number of anilines is 2. The molecule has 1 heterocycles. The lowest BCUT2D eigenvalue weighted by Gasteiger charge is -2.38. The van der Waals surface area contributed by atoms with Crippen LogP contribution in [0.15, 0.2) is 42.5 Å². The average Bonchev–Trinajstić information content (AvgIpc) is 2.63. The Morgan fingerprint density at radius 2 is 1.79 bits per heavy atom. The van der Waals surface area contributed by atoms with Crippen molar-refractivity contribution in [1.82, 2.24) is 0 Å². The molecule has 6 heteroatoms. The maximum atomic E-state index is 12.8. The molecule has 2 amide bonds. The molecule has 1 aliphatic rings. The first-order valence-corrected chi connectivity index (χ1v) is 9.20. The fourth-order valence-corrected chi connectivity index (χ4v) is 3.12. The summed E-state index contributed by atoms with van der Waals surface area (Å²) in [5.74, 6) is 0.224. The van der Waals surface area contributed by atoms with Gasteiger partial charge in [-0.15, -0.1) is 0 Å². The highest BCUT2D eigenvalue weighted by atomic mass is 16.5. The van der Waals surface area contributed by atoms with Gasteiger partial charge in [0.2, 0.25) is 5.91 Å². The number of rotatable bonds is 5. The molecule has 6 nitrogen and oxygen atoms in total. The summed E-state index contributed by atoms with van der Waals surface area (Å²) < 4.78 is 5.83. The largest absolute Gasteiger partial charge is 0.476 e. The van der Waals surface area contributed by atoms with Gasteiger partial charge in [0.25, 0.3) is 5.91 Å². The third-order valence-corrected chi connectivity index (χ3v) is 4.67. The van der Waals surface area contributed by atoms with Crippen molar-refractivity contribution in [1.29, 1.82) is 0 Å². The van der Waals surface area contributed by atoms with Gasteiger partial charge in [-0.2, -0.15) is 0 Å². The summed E-state index contributed by atoms with van der Waals surface area (Å²) >= 11 is 0. The van der Waals surface area contributed by atoms with E-state index in [1.54, 1.807) is 43.0 Å². The number of nitrogens with one attached hydrogen (secondary N) is 1. The molecule has 0 saturated heterocycles. The molecule has 0 atom stereocenters. The standard InChI is InChI=1S/C22H24N2O4/c1-14-5-10-19-18(13-14)24(21(27)22(3,4)28-19)12-11-20(26)23-17-8-6-16(7-9-17)15(2)25/h5-10,13H,11-12H2,1-4H3,(H,23,26). The van der Waals surface area contributed by atoms with Crippen LogP contribution in [0.2, 0.25) is 0 Å². The van der Waals surface area contributed by atoms with Crippen LogP contribution in [0, 0.1) is 6.92 Å². The number of nitrogens with zero attached hydrogens (tertiary/aromatic N) is 1. The predicted octanol–water partition coefficient (Wildman–Crippen LogP) is 3.73. The van der Waals surface area contributed by atoms with Gasteiger partial charge in [-0.05, 0) is 69.7 Å². The van der Waals surface area contributed by atoms with Crippen molar-refractivity contribution < 1.29 is 19.1 Å². The van der Waals surface area contributed by atoms with Gasteiger partial charge in [0, 0.05) is 24.2 Å². The van der Waals surface area contributed by atoms with E-state index in [1.807, 2.05) is 25.1 Å². The summed E-state index contributed by atoms with van der Waals surface area (Å²) in [6.45, 7) is 7.14. The summed E-state index contributed by atoms with van der Waals surface area (Å²) in [4.78, 5) is 38.1. The van der Waals surface area contributed by atoms with Crippen molar-refractivity contribution in [3.8, 4) is 5.75 Å². The molecule has 3 rings (SSSR count). The molecule has 146 valence electrons. The molecule has 0 aliphatic carbocycles. The van der Waals surface area contributed by atoms with E-state index in [-0.39, 0.29) is 30.6 Å². The molecule has 0 bridgehead atoms. The van der Waals surface area contributed by atoms with Gasteiger partial charge in [-0.3, -0.25) is 14.4 Å². The van der Waals surface area contributed by atoms with Gasteiger partial charge >= 0.3 is 0 Å². The normalized spacial score (nSPS) is 14.9. The number of benzene rings is 2. The third-order valence-electron chi connectivity index (χ3n) is 4.67. The van der Waals surface area contributed by atoms with Crippen LogP contribution in [0.1, 0.15) is 43.1 Å². The number of hydrogen-bond donors (Lipinski definition) is 1. The second kappa shape index (κ2) is 7.46. The monoisotopic (exact) mass is 380 g/mol. The first-order valence-electron chi connectivity index (χ1n) is 9.20. The molecule has 1 N–H and O–H groups in total. The SMILES string of the molecule is CC(=O)c1ccc(NC(=O)CCN2C(=O)C(C)(C)Oc3ccc(C)cc32)cc1.